The fraction of sp³-hybridized carbons (Fsp3) is 0.529. The molecule has 0 atom stereocenters. The normalized spacial score (nSPS) is 11.0. The van der Waals surface area contributed by atoms with Crippen molar-refractivity contribution in [1.82, 2.24) is 15.3 Å². The lowest BCUT2D eigenvalue weighted by molar-refractivity contribution is 0.576. The molecular weight excluding hydrogens is 260 g/mol. The molecule has 0 bridgehead atoms. The first-order chi connectivity index (χ1) is 9.99. The maximum atomic E-state index is 4.75. The molecule has 1 rings (SSSR count). The highest BCUT2D eigenvalue weighted by Gasteiger charge is 2.14. The van der Waals surface area contributed by atoms with Gasteiger partial charge >= 0.3 is 0 Å². The molecular formula is C17H28N4. The highest BCUT2D eigenvalue weighted by molar-refractivity contribution is 5.50. The minimum absolute atomic E-state index is 0.323. The summed E-state index contributed by atoms with van der Waals surface area (Å²) in [6, 6.07) is 0.419. The predicted molar refractivity (Wildman–Crippen MR) is 90.7 cm³/mol. The van der Waals surface area contributed by atoms with Crippen molar-refractivity contribution in [3.63, 3.8) is 0 Å². The van der Waals surface area contributed by atoms with E-state index in [1.165, 1.54) is 0 Å². The van der Waals surface area contributed by atoms with Crippen molar-refractivity contribution in [1.29, 1.82) is 0 Å². The molecule has 116 valence electrons. The van der Waals surface area contributed by atoms with Crippen LogP contribution in [0.4, 0.5) is 5.69 Å². The van der Waals surface area contributed by atoms with Crippen LogP contribution in [0.15, 0.2) is 31.5 Å². The topological polar surface area (TPSA) is 41.1 Å². The van der Waals surface area contributed by atoms with Crippen LogP contribution in [0.1, 0.15) is 45.1 Å². The standard InChI is InChI=1S/C17H28N4/c1-7-9-21(10-8-2)16-12-19-17(13(3)4)20-15(16)11-18-14(5)6/h7-8,12-14,18H,1-2,9-11H2,3-6H3. The zero-order valence-corrected chi connectivity index (χ0v) is 13.8. The van der Waals surface area contributed by atoms with Crippen LogP contribution in [0, 0.1) is 0 Å². The zero-order valence-electron chi connectivity index (χ0n) is 13.8. The molecule has 4 nitrogen and oxygen atoms in total. The van der Waals surface area contributed by atoms with Crippen molar-refractivity contribution in [3.05, 3.63) is 43.0 Å². The Hall–Kier alpha value is -1.68. The Bertz CT molecular complexity index is 456. The van der Waals surface area contributed by atoms with Gasteiger partial charge in [0.1, 0.15) is 5.82 Å². The molecule has 21 heavy (non-hydrogen) atoms. The van der Waals surface area contributed by atoms with Gasteiger partial charge in [0.05, 0.1) is 17.6 Å². The number of aromatic nitrogens is 2. The first kappa shape index (κ1) is 17.4. The van der Waals surface area contributed by atoms with Crippen LogP contribution in [0.2, 0.25) is 0 Å². The third kappa shape index (κ3) is 5.31. The van der Waals surface area contributed by atoms with Crippen molar-refractivity contribution in [3.8, 4) is 0 Å². The number of hydrogen-bond donors (Lipinski definition) is 1. The second-order valence-electron chi connectivity index (χ2n) is 5.73. The van der Waals surface area contributed by atoms with E-state index in [-0.39, 0.29) is 0 Å². The Morgan fingerprint density at radius 3 is 2.29 bits per heavy atom. The molecule has 1 heterocycles. The molecule has 1 aromatic rings. The number of anilines is 1. The lowest BCUT2D eigenvalue weighted by Crippen LogP contribution is -2.29. The van der Waals surface area contributed by atoms with Crippen molar-refractivity contribution < 1.29 is 0 Å². The second-order valence-corrected chi connectivity index (χ2v) is 5.73. The Morgan fingerprint density at radius 1 is 1.19 bits per heavy atom. The first-order valence-corrected chi connectivity index (χ1v) is 7.55. The van der Waals surface area contributed by atoms with Gasteiger partial charge in [0.15, 0.2) is 0 Å². The van der Waals surface area contributed by atoms with Crippen LogP contribution in [0.25, 0.3) is 0 Å². The fourth-order valence-electron chi connectivity index (χ4n) is 1.98. The van der Waals surface area contributed by atoms with Gasteiger partial charge in [0.25, 0.3) is 0 Å². The zero-order chi connectivity index (χ0) is 15.8. The van der Waals surface area contributed by atoms with E-state index in [0.717, 1.165) is 36.8 Å². The van der Waals surface area contributed by atoms with Crippen LogP contribution in [0.3, 0.4) is 0 Å². The number of hydrogen-bond acceptors (Lipinski definition) is 4. The van der Waals surface area contributed by atoms with Crippen LogP contribution in [0.5, 0.6) is 0 Å². The highest BCUT2D eigenvalue weighted by Crippen LogP contribution is 2.20. The molecule has 0 fully saturated rings. The molecule has 1 N–H and O–H groups in total. The Balaban J connectivity index is 3.13. The van der Waals surface area contributed by atoms with Crippen LogP contribution >= 0.6 is 0 Å². The van der Waals surface area contributed by atoms with Crippen molar-refractivity contribution >= 4 is 5.69 Å². The minimum Gasteiger partial charge on any atom is -0.361 e. The molecule has 0 unspecified atom stereocenters. The van der Waals surface area contributed by atoms with E-state index in [1.807, 2.05) is 18.3 Å². The summed E-state index contributed by atoms with van der Waals surface area (Å²) in [5, 5.41) is 3.44. The van der Waals surface area contributed by atoms with Gasteiger partial charge in [0, 0.05) is 31.6 Å². The van der Waals surface area contributed by atoms with E-state index in [9.17, 15) is 0 Å². The monoisotopic (exact) mass is 288 g/mol. The predicted octanol–water partition coefficient (Wildman–Crippen LogP) is 3.28. The lowest BCUT2D eigenvalue weighted by atomic mass is 10.2. The molecule has 0 amide bonds. The molecule has 0 aliphatic carbocycles. The Labute approximate surface area is 129 Å². The van der Waals surface area contributed by atoms with E-state index < -0.39 is 0 Å². The van der Waals surface area contributed by atoms with Gasteiger partial charge in [-0.05, 0) is 0 Å². The summed E-state index contributed by atoms with van der Waals surface area (Å²) in [5.74, 6) is 1.21. The summed E-state index contributed by atoms with van der Waals surface area (Å²) in [5.41, 5.74) is 2.08. The Kier molecular flexibility index (Phi) is 7.09. The maximum Gasteiger partial charge on any atom is 0.131 e. The van der Waals surface area contributed by atoms with Gasteiger partial charge in [-0.3, -0.25) is 0 Å². The molecule has 0 aromatic carbocycles. The molecule has 0 spiro atoms. The first-order valence-electron chi connectivity index (χ1n) is 7.55. The van der Waals surface area contributed by atoms with Gasteiger partial charge < -0.3 is 10.2 Å². The quantitative estimate of drug-likeness (QED) is 0.708. The third-order valence-electron chi connectivity index (χ3n) is 3.10. The third-order valence-corrected chi connectivity index (χ3v) is 3.10. The highest BCUT2D eigenvalue weighted by atomic mass is 15.1. The molecule has 0 aliphatic rings. The number of nitrogens with one attached hydrogen (secondary N) is 1. The molecule has 0 saturated heterocycles. The average molecular weight is 288 g/mol. The van der Waals surface area contributed by atoms with Crippen molar-refractivity contribution in [2.75, 3.05) is 18.0 Å². The number of nitrogens with zero attached hydrogens (tertiary/aromatic N) is 3. The van der Waals surface area contributed by atoms with Crippen LogP contribution < -0.4 is 10.2 Å². The summed E-state index contributed by atoms with van der Waals surface area (Å²) >= 11 is 0. The SMILES string of the molecule is C=CCN(CC=C)c1cnc(C(C)C)nc1CNC(C)C. The van der Waals surface area contributed by atoms with E-state index >= 15 is 0 Å². The summed E-state index contributed by atoms with van der Waals surface area (Å²) in [7, 11) is 0. The largest absolute Gasteiger partial charge is 0.361 e. The van der Waals surface area contributed by atoms with Gasteiger partial charge in [-0.25, -0.2) is 9.97 Å². The van der Waals surface area contributed by atoms with E-state index in [0.29, 0.717) is 12.0 Å². The average Bonchev–Trinajstić information content (AvgIpc) is 2.44. The van der Waals surface area contributed by atoms with E-state index in [2.05, 4.69) is 56.1 Å². The smallest absolute Gasteiger partial charge is 0.131 e. The van der Waals surface area contributed by atoms with E-state index in [4.69, 9.17) is 4.98 Å². The van der Waals surface area contributed by atoms with Crippen LogP contribution in [-0.4, -0.2) is 29.1 Å². The molecule has 0 aliphatic heterocycles. The van der Waals surface area contributed by atoms with Gasteiger partial charge in [-0.1, -0.05) is 39.8 Å². The summed E-state index contributed by atoms with van der Waals surface area (Å²) in [6.07, 6.45) is 5.70. The lowest BCUT2D eigenvalue weighted by Gasteiger charge is -2.24. The molecule has 0 saturated carbocycles. The van der Waals surface area contributed by atoms with E-state index in [1.54, 1.807) is 0 Å². The Morgan fingerprint density at radius 2 is 1.81 bits per heavy atom. The summed E-state index contributed by atoms with van der Waals surface area (Å²) < 4.78 is 0. The van der Waals surface area contributed by atoms with Crippen LogP contribution in [-0.2, 0) is 6.54 Å². The van der Waals surface area contributed by atoms with Gasteiger partial charge in [-0.2, -0.15) is 0 Å². The van der Waals surface area contributed by atoms with Gasteiger partial charge in [0.2, 0.25) is 0 Å². The number of rotatable bonds is 9. The fourth-order valence-corrected chi connectivity index (χ4v) is 1.98. The second kappa shape index (κ2) is 8.57. The maximum absolute atomic E-state index is 4.75. The van der Waals surface area contributed by atoms with Crippen molar-refractivity contribution in [2.45, 2.75) is 46.2 Å². The van der Waals surface area contributed by atoms with Crippen molar-refractivity contribution in [2.24, 2.45) is 0 Å². The van der Waals surface area contributed by atoms with Gasteiger partial charge in [-0.15, -0.1) is 13.2 Å². The molecule has 1 aromatic heterocycles. The molecule has 4 heteroatoms. The molecule has 0 radical (unpaired) electrons. The summed E-state index contributed by atoms with van der Waals surface area (Å²) in [4.78, 5) is 11.4. The minimum atomic E-state index is 0.323. The summed E-state index contributed by atoms with van der Waals surface area (Å²) in [6.45, 7) is 18.4.